The first-order valence-corrected chi connectivity index (χ1v) is 9.35. The second-order valence-corrected chi connectivity index (χ2v) is 6.80. The number of hydrogen-bond donors (Lipinski definition) is 0. The van der Waals surface area contributed by atoms with E-state index in [2.05, 4.69) is 22.7 Å². The summed E-state index contributed by atoms with van der Waals surface area (Å²) >= 11 is 0. The summed E-state index contributed by atoms with van der Waals surface area (Å²) in [7, 11) is 3.22. The fraction of sp³-hybridized carbons (Fsp3) is 0.174. The molecule has 8 nitrogen and oxygen atoms in total. The molecule has 0 amide bonds. The van der Waals surface area contributed by atoms with Gasteiger partial charge in [-0.1, -0.05) is 17.9 Å². The van der Waals surface area contributed by atoms with Crippen LogP contribution in [0, 0.1) is 24.2 Å². The third-order valence-corrected chi connectivity index (χ3v) is 4.75. The van der Waals surface area contributed by atoms with Gasteiger partial charge in [0.1, 0.15) is 12.4 Å². The summed E-state index contributed by atoms with van der Waals surface area (Å²) in [5.41, 5.74) is 1.16. The molecule has 0 aliphatic carbocycles. The quantitative estimate of drug-likeness (QED) is 0.474. The number of ether oxygens (including phenoxy) is 1. The van der Waals surface area contributed by atoms with Gasteiger partial charge in [-0.05, 0) is 30.2 Å². The Morgan fingerprint density at radius 3 is 2.74 bits per heavy atom. The van der Waals surface area contributed by atoms with E-state index in [9.17, 15) is 9.59 Å². The van der Waals surface area contributed by atoms with Gasteiger partial charge < -0.3 is 13.7 Å². The minimum atomic E-state index is -0.518. The van der Waals surface area contributed by atoms with Crippen LogP contribution in [0.3, 0.4) is 0 Å². The lowest BCUT2D eigenvalue weighted by atomic mass is 10.2. The lowest BCUT2D eigenvalue weighted by Crippen LogP contribution is -2.39. The smallest absolute Gasteiger partial charge is 0.333 e. The number of terminal acetylenes is 1. The van der Waals surface area contributed by atoms with Crippen molar-refractivity contribution in [3.05, 3.63) is 80.6 Å². The van der Waals surface area contributed by atoms with E-state index in [4.69, 9.17) is 15.6 Å². The van der Waals surface area contributed by atoms with E-state index >= 15 is 0 Å². The fourth-order valence-electron chi connectivity index (χ4n) is 3.12. The maximum absolute atomic E-state index is 12.7. The Balaban J connectivity index is 1.68. The fourth-order valence-corrected chi connectivity index (χ4v) is 3.12. The second-order valence-electron chi connectivity index (χ2n) is 6.80. The summed E-state index contributed by atoms with van der Waals surface area (Å²) in [5, 5.41) is 0. The molecule has 3 aromatic heterocycles. The van der Waals surface area contributed by atoms with E-state index in [0.29, 0.717) is 18.2 Å². The predicted octanol–water partition coefficient (Wildman–Crippen LogP) is 1.64. The van der Waals surface area contributed by atoms with Gasteiger partial charge in [0.2, 0.25) is 0 Å². The van der Waals surface area contributed by atoms with Gasteiger partial charge in [0.05, 0.1) is 19.1 Å². The van der Waals surface area contributed by atoms with Crippen LogP contribution >= 0.6 is 0 Å². The molecule has 1 aromatic carbocycles. The summed E-state index contributed by atoms with van der Waals surface area (Å²) in [6, 6.07) is 9.16. The molecule has 0 unspecified atom stereocenters. The van der Waals surface area contributed by atoms with Crippen LogP contribution in [0.2, 0.25) is 0 Å². The van der Waals surface area contributed by atoms with Crippen molar-refractivity contribution in [3.8, 4) is 29.9 Å². The number of fused-ring (bicyclic) bond motifs is 1. The lowest BCUT2D eigenvalue weighted by Gasteiger charge is -2.05. The zero-order chi connectivity index (χ0) is 22.0. The normalized spacial score (nSPS) is 10.5. The molecule has 31 heavy (non-hydrogen) atoms. The van der Waals surface area contributed by atoms with Gasteiger partial charge in [0, 0.05) is 25.2 Å². The first kappa shape index (κ1) is 19.9. The number of nitrogens with zero attached hydrogens (tertiary/aromatic N) is 4. The van der Waals surface area contributed by atoms with Gasteiger partial charge >= 0.3 is 5.69 Å². The molecule has 0 fully saturated rings. The van der Waals surface area contributed by atoms with Crippen molar-refractivity contribution in [2.45, 2.75) is 13.2 Å². The Morgan fingerprint density at radius 2 is 2.00 bits per heavy atom. The van der Waals surface area contributed by atoms with Crippen molar-refractivity contribution in [2.24, 2.45) is 14.1 Å². The predicted molar refractivity (Wildman–Crippen MR) is 115 cm³/mol. The zero-order valence-electron chi connectivity index (χ0n) is 17.0. The molecule has 0 saturated heterocycles. The Bertz CT molecular complexity index is 1490. The van der Waals surface area contributed by atoms with Gasteiger partial charge in [0.15, 0.2) is 17.0 Å². The van der Waals surface area contributed by atoms with Crippen LogP contribution in [0.5, 0.6) is 5.75 Å². The van der Waals surface area contributed by atoms with Crippen LogP contribution in [-0.4, -0.2) is 18.7 Å². The molecule has 0 spiro atoms. The van der Waals surface area contributed by atoms with Crippen LogP contribution in [0.15, 0.2) is 56.9 Å². The number of furan rings is 1. The van der Waals surface area contributed by atoms with Gasteiger partial charge in [-0.3, -0.25) is 9.36 Å². The first-order valence-electron chi connectivity index (χ1n) is 9.35. The number of aromatic nitrogens is 4. The largest absolute Gasteiger partial charge is 0.489 e. The summed E-state index contributed by atoms with van der Waals surface area (Å²) in [6.45, 7) is 0.273. The molecule has 0 N–H and O–H groups in total. The second kappa shape index (κ2) is 8.13. The van der Waals surface area contributed by atoms with Crippen molar-refractivity contribution in [2.75, 3.05) is 0 Å². The Morgan fingerprint density at radius 1 is 1.16 bits per heavy atom. The van der Waals surface area contributed by atoms with E-state index in [1.807, 2.05) is 30.3 Å². The van der Waals surface area contributed by atoms with Gasteiger partial charge in [-0.25, -0.2) is 14.3 Å². The highest BCUT2D eigenvalue weighted by molar-refractivity contribution is 5.72. The molecule has 4 rings (SSSR count). The molecule has 0 atom stereocenters. The number of rotatable bonds is 4. The highest BCUT2D eigenvalue weighted by atomic mass is 16.5. The van der Waals surface area contributed by atoms with Crippen LogP contribution in [0.1, 0.15) is 17.0 Å². The molecule has 0 saturated carbocycles. The van der Waals surface area contributed by atoms with E-state index in [1.165, 1.54) is 4.57 Å². The molecule has 154 valence electrons. The van der Waals surface area contributed by atoms with Crippen molar-refractivity contribution in [1.82, 2.24) is 18.7 Å². The van der Waals surface area contributed by atoms with E-state index in [0.717, 1.165) is 15.7 Å². The first-order chi connectivity index (χ1) is 15.0. The highest BCUT2D eigenvalue weighted by Crippen LogP contribution is 2.15. The average Bonchev–Trinajstić information content (AvgIpc) is 3.41. The Hall–Kier alpha value is -4.43. The summed E-state index contributed by atoms with van der Waals surface area (Å²) in [4.78, 5) is 29.5. The maximum atomic E-state index is 12.7. The molecule has 0 bridgehead atoms. The number of imidazole rings is 1. The average molecular weight is 414 g/mol. The molecule has 4 aromatic rings. The van der Waals surface area contributed by atoms with E-state index < -0.39 is 11.2 Å². The number of aryl methyl sites for hydroxylation is 2. The number of benzene rings is 1. The van der Waals surface area contributed by atoms with Crippen LogP contribution in [-0.2, 0) is 27.2 Å². The van der Waals surface area contributed by atoms with Gasteiger partial charge in [-0.15, -0.1) is 6.42 Å². The molecular weight excluding hydrogens is 396 g/mol. The monoisotopic (exact) mass is 414 g/mol. The van der Waals surface area contributed by atoms with Crippen molar-refractivity contribution in [1.29, 1.82) is 0 Å². The molecule has 0 aliphatic rings. The standard InChI is InChI=1S/C23H18N4O4/c1-4-11-27-22(28)20-21(26(3)23(27)29)24-19(25(20)2)9-8-16-6-5-7-18(13-16)31-15-17-10-12-30-14-17/h1,5-7,10,12-14H,11,15H2,2-3H3. The summed E-state index contributed by atoms with van der Waals surface area (Å²) < 4.78 is 14.6. The highest BCUT2D eigenvalue weighted by Gasteiger charge is 2.17. The van der Waals surface area contributed by atoms with Gasteiger partial charge in [-0.2, -0.15) is 0 Å². The minimum Gasteiger partial charge on any atom is -0.489 e. The summed E-state index contributed by atoms with van der Waals surface area (Å²) in [5.74, 6) is 9.34. The van der Waals surface area contributed by atoms with E-state index in [1.54, 1.807) is 31.2 Å². The Labute approximate surface area is 177 Å². The van der Waals surface area contributed by atoms with E-state index in [-0.39, 0.29) is 17.7 Å². The van der Waals surface area contributed by atoms with Crippen molar-refractivity contribution in [3.63, 3.8) is 0 Å². The van der Waals surface area contributed by atoms with Gasteiger partial charge in [0.25, 0.3) is 5.56 Å². The minimum absolute atomic E-state index is 0.112. The maximum Gasteiger partial charge on any atom is 0.333 e. The summed E-state index contributed by atoms with van der Waals surface area (Å²) in [6.07, 6.45) is 8.51. The molecule has 3 heterocycles. The van der Waals surface area contributed by atoms with Crippen molar-refractivity contribution < 1.29 is 9.15 Å². The SMILES string of the molecule is C#CCn1c(=O)c2c(nc(C#Cc3cccc(OCc4ccoc4)c3)n2C)n(C)c1=O. The third-order valence-electron chi connectivity index (χ3n) is 4.75. The molecule has 8 heteroatoms. The third kappa shape index (κ3) is 3.75. The molecule has 0 aliphatic heterocycles. The lowest BCUT2D eigenvalue weighted by molar-refractivity contribution is 0.304. The van der Waals surface area contributed by atoms with Crippen molar-refractivity contribution >= 4 is 11.2 Å². The van der Waals surface area contributed by atoms with Crippen LogP contribution in [0.25, 0.3) is 11.2 Å². The molecular formula is C23H18N4O4. The Kier molecular flexibility index (Phi) is 5.21. The number of hydrogen-bond acceptors (Lipinski definition) is 5. The zero-order valence-corrected chi connectivity index (χ0v) is 17.0. The molecule has 0 radical (unpaired) electrons. The van der Waals surface area contributed by atoms with Crippen LogP contribution < -0.4 is 16.0 Å². The topological polar surface area (TPSA) is 84.2 Å². The van der Waals surface area contributed by atoms with Crippen LogP contribution in [0.4, 0.5) is 0 Å².